The van der Waals surface area contributed by atoms with Gasteiger partial charge in [-0.05, 0) is 18.2 Å². The van der Waals surface area contributed by atoms with Crippen LogP contribution in [0.25, 0.3) is 0 Å². The number of hydrogen-bond acceptors (Lipinski definition) is 8. The van der Waals surface area contributed by atoms with Gasteiger partial charge in [-0.25, -0.2) is 22.8 Å². The fourth-order valence-electron chi connectivity index (χ4n) is 1.95. The number of cyclic esters (lactones) is 2. The van der Waals surface area contributed by atoms with E-state index in [4.69, 9.17) is 14.6 Å². The number of sulfone groups is 1. The molecular formula is C15H15NO8S. The van der Waals surface area contributed by atoms with E-state index in [2.05, 4.69) is 5.32 Å². The maximum absolute atomic E-state index is 11.8. The van der Waals surface area contributed by atoms with E-state index in [9.17, 15) is 22.8 Å². The zero-order valence-corrected chi connectivity index (χ0v) is 14.3. The molecule has 0 radical (unpaired) electrons. The van der Waals surface area contributed by atoms with E-state index >= 15 is 0 Å². The number of anilines is 1. The molecule has 0 bridgehead atoms. The predicted octanol–water partition coefficient (Wildman–Crippen LogP) is 0.920. The van der Waals surface area contributed by atoms with Gasteiger partial charge in [0.2, 0.25) is 0 Å². The smallest absolute Gasteiger partial charge is 0.350 e. The summed E-state index contributed by atoms with van der Waals surface area (Å²) in [7, 11) is -3.67. The van der Waals surface area contributed by atoms with Crippen LogP contribution in [-0.4, -0.2) is 43.5 Å². The van der Waals surface area contributed by atoms with Gasteiger partial charge in [0.25, 0.3) is 5.79 Å². The molecule has 1 fully saturated rings. The van der Waals surface area contributed by atoms with Gasteiger partial charge in [-0.3, -0.25) is 0 Å². The summed E-state index contributed by atoms with van der Waals surface area (Å²) < 4.78 is 33.1. The van der Waals surface area contributed by atoms with Gasteiger partial charge in [0, 0.05) is 32.0 Å². The zero-order chi connectivity index (χ0) is 19.0. The number of carbonyl (C=O) groups excluding carboxylic acids is 2. The SMILES string of the molecule is CC1(C)OC(=O)C(=CNc2cc(C(=O)O)cc(S(C)(=O)=O)c2)C(=O)O1. The van der Waals surface area contributed by atoms with Gasteiger partial charge in [0.05, 0.1) is 10.5 Å². The van der Waals surface area contributed by atoms with Crippen molar-refractivity contribution in [2.75, 3.05) is 11.6 Å². The van der Waals surface area contributed by atoms with Crippen LogP contribution in [0.5, 0.6) is 0 Å². The Labute approximate surface area is 143 Å². The summed E-state index contributed by atoms with van der Waals surface area (Å²) >= 11 is 0. The van der Waals surface area contributed by atoms with Crippen LogP contribution in [0.15, 0.2) is 34.9 Å². The third-order valence-corrected chi connectivity index (χ3v) is 4.17. The molecule has 1 aliphatic heterocycles. The van der Waals surface area contributed by atoms with E-state index in [0.717, 1.165) is 24.6 Å². The number of benzene rings is 1. The summed E-state index contributed by atoms with van der Waals surface area (Å²) in [5.74, 6) is -4.57. The van der Waals surface area contributed by atoms with Gasteiger partial charge < -0.3 is 19.9 Å². The van der Waals surface area contributed by atoms with E-state index in [-0.39, 0.29) is 16.1 Å². The quantitative estimate of drug-likeness (QED) is 0.451. The third kappa shape index (κ3) is 4.35. The van der Waals surface area contributed by atoms with Crippen LogP contribution in [0.1, 0.15) is 24.2 Å². The monoisotopic (exact) mass is 369 g/mol. The molecule has 1 aromatic rings. The first-order valence-electron chi connectivity index (χ1n) is 6.91. The zero-order valence-electron chi connectivity index (χ0n) is 13.5. The van der Waals surface area contributed by atoms with Crippen LogP contribution in [0.2, 0.25) is 0 Å². The molecule has 2 N–H and O–H groups in total. The standard InChI is InChI=1S/C15H15NO8S/c1-15(2)23-13(19)11(14(20)24-15)7-16-9-4-8(12(17)18)5-10(6-9)25(3,21)22/h4-7,16H,1-3H3,(H,17,18). The molecule has 1 heterocycles. The molecule has 10 heteroatoms. The van der Waals surface area contributed by atoms with Gasteiger partial charge >= 0.3 is 17.9 Å². The number of aromatic carboxylic acids is 1. The summed E-state index contributed by atoms with van der Waals surface area (Å²) in [6, 6.07) is 3.32. The van der Waals surface area contributed by atoms with Crippen molar-refractivity contribution < 1.29 is 37.4 Å². The lowest BCUT2D eigenvalue weighted by Crippen LogP contribution is -2.42. The Morgan fingerprint density at radius 2 is 1.72 bits per heavy atom. The average molecular weight is 369 g/mol. The molecule has 134 valence electrons. The van der Waals surface area contributed by atoms with E-state index in [1.807, 2.05) is 0 Å². The fourth-order valence-corrected chi connectivity index (χ4v) is 2.64. The van der Waals surface area contributed by atoms with Crippen LogP contribution in [-0.2, 0) is 28.9 Å². The lowest BCUT2D eigenvalue weighted by molar-refractivity contribution is -0.222. The summed E-state index contributed by atoms with van der Waals surface area (Å²) in [5, 5.41) is 11.6. The maximum Gasteiger partial charge on any atom is 0.350 e. The molecule has 0 unspecified atom stereocenters. The fraction of sp³-hybridized carbons (Fsp3) is 0.267. The Morgan fingerprint density at radius 1 is 1.16 bits per heavy atom. The number of hydrogen-bond donors (Lipinski definition) is 2. The number of rotatable bonds is 4. The second-order valence-corrected chi connectivity index (χ2v) is 7.72. The second-order valence-electron chi connectivity index (χ2n) is 5.70. The van der Waals surface area contributed by atoms with Crippen molar-refractivity contribution in [2.24, 2.45) is 0 Å². The molecule has 0 atom stereocenters. The van der Waals surface area contributed by atoms with E-state index in [0.29, 0.717) is 0 Å². The minimum Gasteiger partial charge on any atom is -0.478 e. The van der Waals surface area contributed by atoms with Crippen molar-refractivity contribution in [3.05, 3.63) is 35.5 Å². The number of carboxylic acids is 1. The van der Waals surface area contributed by atoms with Gasteiger partial charge in [-0.15, -0.1) is 0 Å². The van der Waals surface area contributed by atoms with E-state index in [1.165, 1.54) is 19.9 Å². The van der Waals surface area contributed by atoms with Crippen LogP contribution >= 0.6 is 0 Å². The molecule has 9 nitrogen and oxygen atoms in total. The predicted molar refractivity (Wildman–Crippen MR) is 84.5 cm³/mol. The van der Waals surface area contributed by atoms with Crippen LogP contribution < -0.4 is 5.32 Å². The third-order valence-electron chi connectivity index (χ3n) is 3.08. The van der Waals surface area contributed by atoms with Crippen LogP contribution in [0, 0.1) is 0 Å². The maximum atomic E-state index is 11.8. The summed E-state index contributed by atoms with van der Waals surface area (Å²) in [5.41, 5.74) is -0.669. The Hall–Kier alpha value is -2.88. The number of carbonyl (C=O) groups is 3. The van der Waals surface area contributed by atoms with Crippen molar-refractivity contribution >= 4 is 33.4 Å². The Morgan fingerprint density at radius 3 is 2.20 bits per heavy atom. The first kappa shape index (κ1) is 18.5. The Balaban J connectivity index is 2.37. The largest absolute Gasteiger partial charge is 0.478 e. The van der Waals surface area contributed by atoms with Gasteiger partial charge in [0.1, 0.15) is 0 Å². The molecule has 1 saturated heterocycles. The molecule has 0 spiro atoms. The number of ether oxygens (including phenoxy) is 2. The lowest BCUT2D eigenvalue weighted by atomic mass is 10.2. The molecule has 0 saturated carbocycles. The Kier molecular flexibility index (Phi) is 4.58. The lowest BCUT2D eigenvalue weighted by Gasteiger charge is -2.29. The van der Waals surface area contributed by atoms with Crippen LogP contribution in [0.3, 0.4) is 0 Å². The summed E-state index contributed by atoms with van der Waals surface area (Å²) in [6.45, 7) is 2.78. The van der Waals surface area contributed by atoms with E-state index < -0.39 is 39.1 Å². The van der Waals surface area contributed by atoms with Crippen LogP contribution in [0.4, 0.5) is 5.69 Å². The minimum absolute atomic E-state index is 0.0539. The van der Waals surface area contributed by atoms with Crippen molar-refractivity contribution in [1.29, 1.82) is 0 Å². The molecule has 1 aromatic carbocycles. The number of carboxylic acid groups (broad SMARTS) is 1. The normalized spacial score (nSPS) is 16.7. The highest BCUT2D eigenvalue weighted by Crippen LogP contribution is 2.24. The molecule has 1 aliphatic rings. The molecule has 25 heavy (non-hydrogen) atoms. The van der Waals surface area contributed by atoms with Crippen molar-refractivity contribution in [2.45, 2.75) is 24.5 Å². The van der Waals surface area contributed by atoms with Crippen molar-refractivity contribution in [3.8, 4) is 0 Å². The van der Waals surface area contributed by atoms with Crippen molar-refractivity contribution in [3.63, 3.8) is 0 Å². The highest BCUT2D eigenvalue weighted by molar-refractivity contribution is 7.90. The van der Waals surface area contributed by atoms with Crippen molar-refractivity contribution in [1.82, 2.24) is 0 Å². The van der Waals surface area contributed by atoms with Gasteiger partial charge in [-0.2, -0.15) is 0 Å². The molecule has 2 rings (SSSR count). The summed E-state index contributed by atoms with van der Waals surface area (Å²) in [4.78, 5) is 34.5. The van der Waals surface area contributed by atoms with E-state index in [1.54, 1.807) is 0 Å². The molecule has 0 aliphatic carbocycles. The highest BCUT2D eigenvalue weighted by Gasteiger charge is 2.38. The topological polar surface area (TPSA) is 136 Å². The number of nitrogens with one attached hydrogen (secondary N) is 1. The summed E-state index contributed by atoms with van der Waals surface area (Å²) in [6.07, 6.45) is 1.89. The van der Waals surface area contributed by atoms with Gasteiger partial charge in [-0.1, -0.05) is 0 Å². The molecular weight excluding hydrogens is 354 g/mol. The Bertz CT molecular complexity index is 876. The van der Waals surface area contributed by atoms with Gasteiger partial charge in [0.15, 0.2) is 15.4 Å². The number of esters is 2. The first-order valence-corrected chi connectivity index (χ1v) is 8.80. The molecule has 0 amide bonds. The minimum atomic E-state index is -3.67. The second kappa shape index (κ2) is 6.20. The highest BCUT2D eigenvalue weighted by atomic mass is 32.2. The first-order chi connectivity index (χ1) is 11.4. The average Bonchev–Trinajstić information content (AvgIpc) is 2.43. The molecule has 0 aromatic heterocycles.